The summed E-state index contributed by atoms with van der Waals surface area (Å²) in [7, 11) is 0. The number of nitrogens with one attached hydrogen (secondary N) is 3. The summed E-state index contributed by atoms with van der Waals surface area (Å²) in [6.45, 7) is 0. The van der Waals surface area contributed by atoms with E-state index in [1.165, 1.54) is 0 Å². The first-order valence-corrected chi connectivity index (χ1v) is 20.0. The van der Waals surface area contributed by atoms with Gasteiger partial charge in [-0.2, -0.15) is 0 Å². The first-order valence-electron chi connectivity index (χ1n) is 17.5. The van der Waals surface area contributed by atoms with E-state index in [9.17, 15) is 0 Å². The Morgan fingerprint density at radius 3 is 0.907 bits per heavy atom. The predicted octanol–water partition coefficient (Wildman–Crippen LogP) is 13.3. The molecular weight excluding hydrogens is 721 g/mol. The number of hydrogen-bond donors (Lipinski definition) is 3. The molecule has 12 bridgehead atoms. The van der Waals surface area contributed by atoms with Gasteiger partial charge in [-0.15, -0.1) is 34.0 Å². The number of aromatic amines is 3. The van der Waals surface area contributed by atoms with Gasteiger partial charge in [0.25, 0.3) is 0 Å². The molecule has 0 fully saturated rings. The molecule has 0 spiro atoms. The summed E-state index contributed by atoms with van der Waals surface area (Å²) in [5.41, 5.74) is 12.0. The second-order valence-electron chi connectivity index (χ2n) is 12.8. The highest BCUT2D eigenvalue weighted by atomic mass is 32.1. The summed E-state index contributed by atoms with van der Waals surface area (Å²) in [4.78, 5) is 29.1. The van der Waals surface area contributed by atoms with Crippen LogP contribution in [-0.4, -0.2) is 29.9 Å². The summed E-state index contributed by atoms with van der Waals surface area (Å²) in [6.07, 6.45) is 0. The first kappa shape index (κ1) is 32.3. The first-order chi connectivity index (χ1) is 26.7. The van der Waals surface area contributed by atoms with E-state index in [0.717, 1.165) is 95.5 Å². The standard InChI is InChI=1S/C45H30N6S3/c1-4-10-28(11-5-1)40-37-25-21-33-20-24-36(48-33)45-51-42(30-14-8-3-9-15-30)39(54-45)27-26-38-41(29-12-6-2-7-13-29)50-44(53-38)35-23-19-32(47-35)17-16-31-18-22-34(46-31)43(49-40)52-37/h1-27,46-48H. The van der Waals surface area contributed by atoms with Gasteiger partial charge < -0.3 is 15.0 Å². The van der Waals surface area contributed by atoms with Crippen LogP contribution >= 0.6 is 34.0 Å². The Bertz CT molecular complexity index is 3170. The van der Waals surface area contributed by atoms with Crippen LogP contribution in [0.5, 0.6) is 0 Å². The van der Waals surface area contributed by atoms with Crippen LogP contribution in [0.1, 0.15) is 0 Å². The number of rotatable bonds is 3. The number of H-pyrrole nitrogens is 3. The van der Waals surface area contributed by atoms with Crippen LogP contribution in [0.3, 0.4) is 0 Å². The summed E-state index contributed by atoms with van der Waals surface area (Å²) in [5, 5.41) is 0. The number of thiazole rings is 3. The molecule has 0 aliphatic heterocycles. The monoisotopic (exact) mass is 750 g/mol. The highest BCUT2D eigenvalue weighted by Gasteiger charge is 2.11. The predicted molar refractivity (Wildman–Crippen MR) is 231 cm³/mol. The molecule has 0 saturated heterocycles. The minimum Gasteiger partial charge on any atom is -0.353 e. The maximum Gasteiger partial charge on any atom is 0.140 e. The van der Waals surface area contributed by atoms with Gasteiger partial charge in [0.1, 0.15) is 14.5 Å². The second-order valence-corrected chi connectivity index (χ2v) is 15.9. The van der Waals surface area contributed by atoms with Crippen molar-refractivity contribution >= 4 is 95.7 Å². The van der Waals surface area contributed by atoms with E-state index in [-0.39, 0.29) is 0 Å². The lowest BCUT2D eigenvalue weighted by Crippen LogP contribution is -1.77. The topological polar surface area (TPSA) is 86.0 Å². The average molecular weight is 751 g/mol. The van der Waals surface area contributed by atoms with Crippen molar-refractivity contribution in [2.24, 2.45) is 0 Å². The maximum absolute atomic E-state index is 5.21. The van der Waals surface area contributed by atoms with Gasteiger partial charge >= 0.3 is 0 Å². The minimum atomic E-state index is 0.926. The molecule has 0 saturated carbocycles. The Balaban J connectivity index is 1.26. The van der Waals surface area contributed by atoms with E-state index in [1.54, 1.807) is 34.0 Å². The van der Waals surface area contributed by atoms with Gasteiger partial charge in [-0.3, -0.25) is 0 Å². The fourth-order valence-corrected chi connectivity index (χ4v) is 9.40. The van der Waals surface area contributed by atoms with E-state index in [0.29, 0.717) is 0 Å². The van der Waals surface area contributed by atoms with Crippen molar-refractivity contribution in [3.63, 3.8) is 0 Å². The average Bonchev–Trinajstić information content (AvgIpc) is 4.08. The molecule has 6 nitrogen and oxygen atoms in total. The Morgan fingerprint density at radius 2 is 0.574 bits per heavy atom. The van der Waals surface area contributed by atoms with Crippen LogP contribution in [0.4, 0.5) is 0 Å². The Labute approximate surface area is 321 Å². The van der Waals surface area contributed by atoms with Gasteiger partial charge in [-0.1, -0.05) is 91.0 Å². The smallest absolute Gasteiger partial charge is 0.140 e. The molecule has 258 valence electrons. The second kappa shape index (κ2) is 13.9. The summed E-state index contributed by atoms with van der Waals surface area (Å²) in [5.74, 6) is 0. The fourth-order valence-electron chi connectivity index (χ4n) is 6.49. The zero-order valence-corrected chi connectivity index (χ0v) is 31.1. The summed E-state index contributed by atoms with van der Waals surface area (Å²) < 4.78 is 3.24. The van der Waals surface area contributed by atoms with Gasteiger partial charge in [0.05, 0.1) is 47.7 Å². The normalized spacial score (nSPS) is 11.3. The number of nitrogens with zero attached hydrogens (tertiary/aromatic N) is 3. The van der Waals surface area contributed by atoms with Crippen LogP contribution < -0.4 is 0 Å². The zero-order valence-electron chi connectivity index (χ0n) is 28.7. The molecule has 0 amide bonds. The van der Waals surface area contributed by atoms with E-state index in [4.69, 9.17) is 15.0 Å². The lowest BCUT2D eigenvalue weighted by Gasteiger charge is -1.96. The Kier molecular flexibility index (Phi) is 8.29. The van der Waals surface area contributed by atoms with Crippen molar-refractivity contribution in [2.45, 2.75) is 0 Å². The lowest BCUT2D eigenvalue weighted by atomic mass is 10.1. The quantitative estimate of drug-likeness (QED) is 0.168. The number of aromatic nitrogens is 6. The van der Waals surface area contributed by atoms with Crippen LogP contribution in [0.15, 0.2) is 164 Å². The lowest BCUT2D eigenvalue weighted by molar-refractivity contribution is 1.45. The number of fused-ring (bicyclic) bond motifs is 15. The molecule has 0 radical (unpaired) electrons. The number of benzene rings is 3. The molecule has 10 aromatic rings. The van der Waals surface area contributed by atoms with Crippen molar-refractivity contribution in [1.29, 1.82) is 0 Å². The highest BCUT2D eigenvalue weighted by Crippen LogP contribution is 2.35. The molecule has 0 atom stereocenters. The van der Waals surface area contributed by atoms with Crippen LogP contribution in [0.25, 0.3) is 95.5 Å². The molecule has 9 heteroatoms. The third-order valence-electron chi connectivity index (χ3n) is 9.16. The number of hydrogen-bond acceptors (Lipinski definition) is 6. The van der Waals surface area contributed by atoms with E-state index in [2.05, 4.69) is 161 Å². The van der Waals surface area contributed by atoms with Crippen molar-refractivity contribution in [3.05, 3.63) is 164 Å². The SMILES string of the molecule is c1ccc(-c2nc3sc2ccc2ccc([nH]2)c2nc(-c4ccccc4)c(ccc4sc(nc4-c4ccccc4)c4ccc(ccc5ccc3[nH]5)[nH]4)s2)cc1. The molecule has 0 aliphatic rings. The van der Waals surface area contributed by atoms with Crippen molar-refractivity contribution in [1.82, 2.24) is 29.9 Å². The fraction of sp³-hybridized carbons (Fsp3) is 0. The van der Waals surface area contributed by atoms with E-state index >= 15 is 0 Å². The zero-order chi connectivity index (χ0) is 35.8. The van der Waals surface area contributed by atoms with Gasteiger partial charge in [0.2, 0.25) is 0 Å². The van der Waals surface area contributed by atoms with E-state index in [1.807, 2.05) is 18.2 Å². The van der Waals surface area contributed by atoms with Crippen molar-refractivity contribution in [2.75, 3.05) is 0 Å². The molecule has 7 aromatic heterocycles. The Morgan fingerprint density at radius 1 is 0.296 bits per heavy atom. The minimum absolute atomic E-state index is 0.926. The molecule has 7 heterocycles. The van der Waals surface area contributed by atoms with Crippen LogP contribution in [-0.2, 0) is 0 Å². The third-order valence-corrected chi connectivity index (χ3v) is 12.3. The van der Waals surface area contributed by atoms with Gasteiger partial charge in [-0.25, -0.2) is 15.0 Å². The van der Waals surface area contributed by atoms with Crippen LogP contribution in [0.2, 0.25) is 0 Å². The molecular formula is C45H30N6S3. The maximum atomic E-state index is 5.21. The molecule has 3 aromatic carbocycles. The van der Waals surface area contributed by atoms with Gasteiger partial charge in [-0.05, 0) is 72.8 Å². The van der Waals surface area contributed by atoms with Gasteiger partial charge in [0, 0.05) is 33.2 Å². The molecule has 10 rings (SSSR count). The van der Waals surface area contributed by atoms with Crippen molar-refractivity contribution < 1.29 is 0 Å². The highest BCUT2D eigenvalue weighted by molar-refractivity contribution is 7.25. The van der Waals surface area contributed by atoms with Gasteiger partial charge in [0.15, 0.2) is 0 Å². The largest absolute Gasteiger partial charge is 0.353 e. The summed E-state index contributed by atoms with van der Waals surface area (Å²) in [6, 6.07) is 56.6. The van der Waals surface area contributed by atoms with E-state index < -0.39 is 0 Å². The van der Waals surface area contributed by atoms with Crippen LogP contribution in [0, 0.1) is 0 Å². The third kappa shape index (κ3) is 6.34. The molecule has 0 unspecified atom stereocenters. The Hall–Kier alpha value is -6.39. The molecule has 3 N–H and O–H groups in total. The molecule has 0 aliphatic carbocycles. The van der Waals surface area contributed by atoms with Crippen molar-refractivity contribution in [3.8, 4) is 33.8 Å². The molecule has 54 heavy (non-hydrogen) atoms. The summed E-state index contributed by atoms with van der Waals surface area (Å²) >= 11 is 5.03.